The largest absolute Gasteiger partial charge is 0.465 e. The summed E-state index contributed by atoms with van der Waals surface area (Å²) < 4.78 is 4.84. The highest BCUT2D eigenvalue weighted by molar-refractivity contribution is 7.07. The average Bonchev–Trinajstić information content (AvgIpc) is 2.81. The minimum Gasteiger partial charge on any atom is -0.465 e. The highest BCUT2D eigenvalue weighted by atomic mass is 32.1. The Labute approximate surface area is 104 Å². The van der Waals surface area contributed by atoms with Gasteiger partial charge in [-0.3, -0.25) is 9.59 Å². The Kier molecular flexibility index (Phi) is 5.62. The van der Waals surface area contributed by atoms with Crippen LogP contribution in [-0.4, -0.2) is 41.5 Å². The molecule has 0 aliphatic carbocycles. The molecule has 94 valence electrons. The fraction of sp³-hybridized carbons (Fsp3) is 0.545. The molecule has 1 amide bonds. The van der Waals surface area contributed by atoms with E-state index < -0.39 is 0 Å². The van der Waals surface area contributed by atoms with Gasteiger partial charge >= 0.3 is 5.97 Å². The van der Waals surface area contributed by atoms with Gasteiger partial charge in [-0.25, -0.2) is 4.98 Å². The first-order valence-corrected chi connectivity index (χ1v) is 6.46. The molecular formula is C11H16N2O3S. The smallest absolute Gasteiger partial charge is 0.325 e. The molecule has 0 fully saturated rings. The summed E-state index contributed by atoms with van der Waals surface area (Å²) in [4.78, 5) is 28.8. The van der Waals surface area contributed by atoms with Gasteiger partial charge in [0, 0.05) is 11.9 Å². The van der Waals surface area contributed by atoms with Crippen LogP contribution < -0.4 is 0 Å². The molecule has 0 unspecified atom stereocenters. The minimum atomic E-state index is -0.385. The van der Waals surface area contributed by atoms with Crippen molar-refractivity contribution in [2.24, 2.45) is 0 Å². The molecule has 0 N–H and O–H groups in total. The van der Waals surface area contributed by atoms with E-state index in [0.29, 0.717) is 18.8 Å². The second-order valence-corrected chi connectivity index (χ2v) is 4.12. The Hall–Kier alpha value is -1.43. The quantitative estimate of drug-likeness (QED) is 0.725. The molecule has 1 heterocycles. The number of rotatable bonds is 6. The van der Waals surface area contributed by atoms with Gasteiger partial charge in [-0.2, -0.15) is 0 Å². The Morgan fingerprint density at radius 1 is 1.47 bits per heavy atom. The van der Waals surface area contributed by atoms with E-state index in [4.69, 9.17) is 4.74 Å². The highest BCUT2D eigenvalue weighted by Crippen LogP contribution is 2.06. The Morgan fingerprint density at radius 3 is 2.76 bits per heavy atom. The van der Waals surface area contributed by atoms with Crippen molar-refractivity contribution < 1.29 is 14.3 Å². The van der Waals surface area contributed by atoms with Gasteiger partial charge < -0.3 is 9.64 Å². The van der Waals surface area contributed by atoms with Gasteiger partial charge in [0.1, 0.15) is 12.2 Å². The first-order chi connectivity index (χ1) is 8.19. The number of aromatic nitrogens is 1. The van der Waals surface area contributed by atoms with Crippen LogP contribution in [0.25, 0.3) is 0 Å². The molecule has 1 rings (SSSR count). The monoisotopic (exact) mass is 256 g/mol. The minimum absolute atomic E-state index is 0.0158. The van der Waals surface area contributed by atoms with Crippen molar-refractivity contribution in [3.8, 4) is 0 Å². The zero-order chi connectivity index (χ0) is 12.7. The van der Waals surface area contributed by atoms with E-state index in [-0.39, 0.29) is 18.4 Å². The van der Waals surface area contributed by atoms with Crippen LogP contribution in [0.15, 0.2) is 10.9 Å². The van der Waals surface area contributed by atoms with E-state index in [9.17, 15) is 9.59 Å². The second kappa shape index (κ2) is 7.01. The number of nitrogens with zero attached hydrogens (tertiary/aromatic N) is 2. The van der Waals surface area contributed by atoms with E-state index in [1.54, 1.807) is 17.8 Å². The first kappa shape index (κ1) is 13.6. The van der Waals surface area contributed by atoms with Crippen molar-refractivity contribution in [1.29, 1.82) is 0 Å². The maximum absolute atomic E-state index is 12.0. The standard InChI is InChI=1S/C11H16N2O3S/c1-3-5-13(6-10(14)16-4-2)11(15)9-7-17-8-12-9/h7-8H,3-6H2,1-2H3. The van der Waals surface area contributed by atoms with E-state index in [1.807, 2.05) is 6.92 Å². The zero-order valence-electron chi connectivity index (χ0n) is 10.0. The van der Waals surface area contributed by atoms with Gasteiger partial charge in [0.2, 0.25) is 0 Å². The number of carbonyl (C=O) groups excluding carboxylic acids is 2. The number of amides is 1. The fourth-order valence-corrected chi connectivity index (χ4v) is 1.89. The lowest BCUT2D eigenvalue weighted by atomic mass is 10.3. The third kappa shape index (κ3) is 4.14. The maximum Gasteiger partial charge on any atom is 0.325 e. The van der Waals surface area contributed by atoms with Crippen molar-refractivity contribution in [2.45, 2.75) is 20.3 Å². The van der Waals surface area contributed by atoms with Crippen LogP contribution in [-0.2, 0) is 9.53 Å². The van der Waals surface area contributed by atoms with Crippen molar-refractivity contribution in [2.75, 3.05) is 19.7 Å². The summed E-state index contributed by atoms with van der Waals surface area (Å²) in [5, 5.41) is 1.68. The number of hydrogen-bond acceptors (Lipinski definition) is 5. The summed E-state index contributed by atoms with van der Waals surface area (Å²) in [5.74, 6) is -0.606. The molecule has 1 aromatic heterocycles. The molecule has 0 radical (unpaired) electrons. The lowest BCUT2D eigenvalue weighted by molar-refractivity contribution is -0.143. The van der Waals surface area contributed by atoms with Crippen molar-refractivity contribution >= 4 is 23.2 Å². The van der Waals surface area contributed by atoms with Crippen LogP contribution in [0.2, 0.25) is 0 Å². The summed E-state index contributed by atoms with van der Waals surface area (Å²) in [5.41, 5.74) is 1.98. The van der Waals surface area contributed by atoms with Crippen LogP contribution >= 0.6 is 11.3 Å². The van der Waals surface area contributed by atoms with Gasteiger partial charge in [-0.15, -0.1) is 11.3 Å². The molecule has 0 spiro atoms. The molecule has 0 bridgehead atoms. The average molecular weight is 256 g/mol. The van der Waals surface area contributed by atoms with Gasteiger partial charge in [0.25, 0.3) is 5.91 Å². The lowest BCUT2D eigenvalue weighted by Crippen LogP contribution is -2.37. The molecule has 17 heavy (non-hydrogen) atoms. The Bertz CT molecular complexity index is 365. The maximum atomic E-state index is 12.0. The Balaban J connectivity index is 2.65. The van der Waals surface area contributed by atoms with E-state index in [1.165, 1.54) is 16.2 Å². The summed E-state index contributed by atoms with van der Waals surface area (Å²) in [6.45, 7) is 4.52. The molecule has 1 aromatic rings. The number of thiazole rings is 1. The predicted octanol–water partition coefficient (Wildman–Crippen LogP) is 1.56. The molecular weight excluding hydrogens is 240 g/mol. The number of ether oxygens (including phenoxy) is 1. The van der Waals surface area contributed by atoms with Gasteiger partial charge in [-0.05, 0) is 13.3 Å². The van der Waals surface area contributed by atoms with Crippen LogP contribution in [0.1, 0.15) is 30.8 Å². The van der Waals surface area contributed by atoms with E-state index in [2.05, 4.69) is 4.98 Å². The summed E-state index contributed by atoms with van der Waals surface area (Å²) in [6.07, 6.45) is 0.787. The second-order valence-electron chi connectivity index (χ2n) is 3.41. The number of hydrogen-bond donors (Lipinski definition) is 0. The van der Waals surface area contributed by atoms with Gasteiger partial charge in [-0.1, -0.05) is 6.92 Å². The van der Waals surface area contributed by atoms with E-state index >= 15 is 0 Å². The summed E-state index contributed by atoms with van der Waals surface area (Å²) in [7, 11) is 0. The number of esters is 1. The fourth-order valence-electron chi connectivity index (χ4n) is 1.36. The third-order valence-corrected chi connectivity index (χ3v) is 2.64. The van der Waals surface area contributed by atoms with Crippen LogP contribution in [0.4, 0.5) is 0 Å². The van der Waals surface area contributed by atoms with Crippen molar-refractivity contribution in [1.82, 2.24) is 9.88 Å². The molecule has 6 heteroatoms. The zero-order valence-corrected chi connectivity index (χ0v) is 10.8. The first-order valence-electron chi connectivity index (χ1n) is 5.52. The normalized spacial score (nSPS) is 10.0. The lowest BCUT2D eigenvalue weighted by Gasteiger charge is -2.19. The molecule has 0 aliphatic heterocycles. The highest BCUT2D eigenvalue weighted by Gasteiger charge is 2.19. The van der Waals surface area contributed by atoms with Crippen LogP contribution in [0.5, 0.6) is 0 Å². The molecule has 0 aliphatic rings. The van der Waals surface area contributed by atoms with Crippen molar-refractivity contribution in [3.05, 3.63) is 16.6 Å². The van der Waals surface area contributed by atoms with Crippen molar-refractivity contribution in [3.63, 3.8) is 0 Å². The summed E-state index contributed by atoms with van der Waals surface area (Å²) >= 11 is 1.36. The molecule has 0 saturated heterocycles. The number of carbonyl (C=O) groups is 2. The predicted molar refractivity (Wildman–Crippen MR) is 64.9 cm³/mol. The topological polar surface area (TPSA) is 59.5 Å². The van der Waals surface area contributed by atoms with Crippen LogP contribution in [0, 0.1) is 0 Å². The molecule has 0 aromatic carbocycles. The summed E-state index contributed by atoms with van der Waals surface area (Å²) in [6, 6.07) is 0. The molecule has 5 nitrogen and oxygen atoms in total. The van der Waals surface area contributed by atoms with E-state index in [0.717, 1.165) is 6.42 Å². The molecule has 0 atom stereocenters. The van der Waals surface area contributed by atoms with Crippen LogP contribution in [0.3, 0.4) is 0 Å². The third-order valence-electron chi connectivity index (χ3n) is 2.06. The SMILES string of the molecule is CCCN(CC(=O)OCC)C(=O)c1cscn1. The van der Waals surface area contributed by atoms with Gasteiger partial charge in [0.15, 0.2) is 0 Å². The van der Waals surface area contributed by atoms with Gasteiger partial charge in [0.05, 0.1) is 12.1 Å². The Morgan fingerprint density at radius 2 is 2.24 bits per heavy atom. The molecule has 0 saturated carbocycles.